The van der Waals surface area contributed by atoms with E-state index in [-0.39, 0.29) is 5.91 Å². The van der Waals surface area contributed by atoms with Crippen LogP contribution >= 0.6 is 11.6 Å². The van der Waals surface area contributed by atoms with Gasteiger partial charge < -0.3 is 14.5 Å². The molecular formula is C17H19ClN4O2. The lowest BCUT2D eigenvalue weighted by Crippen LogP contribution is -2.49. The van der Waals surface area contributed by atoms with Gasteiger partial charge in [0.1, 0.15) is 12.0 Å². The first-order chi connectivity index (χ1) is 11.6. The molecule has 0 atom stereocenters. The second-order valence-corrected chi connectivity index (χ2v) is 6.09. The fourth-order valence-corrected chi connectivity index (χ4v) is 2.97. The summed E-state index contributed by atoms with van der Waals surface area (Å²) in [6, 6.07) is 7.45. The fourth-order valence-electron chi connectivity index (χ4n) is 2.80. The Morgan fingerprint density at radius 3 is 2.62 bits per heavy atom. The summed E-state index contributed by atoms with van der Waals surface area (Å²) in [7, 11) is 1.52. The van der Waals surface area contributed by atoms with Gasteiger partial charge in [0.15, 0.2) is 0 Å². The van der Waals surface area contributed by atoms with Gasteiger partial charge in [0.25, 0.3) is 5.91 Å². The zero-order valence-electron chi connectivity index (χ0n) is 13.7. The molecule has 1 aliphatic rings. The van der Waals surface area contributed by atoms with Crippen LogP contribution in [0.1, 0.15) is 16.1 Å². The van der Waals surface area contributed by atoms with E-state index in [1.54, 1.807) is 11.0 Å². The number of rotatable bonds is 3. The van der Waals surface area contributed by atoms with Crippen LogP contribution in [0, 0.1) is 6.92 Å². The van der Waals surface area contributed by atoms with Crippen molar-refractivity contribution in [2.45, 2.75) is 6.92 Å². The van der Waals surface area contributed by atoms with E-state index in [4.69, 9.17) is 16.3 Å². The lowest BCUT2D eigenvalue weighted by Gasteiger charge is -2.36. The van der Waals surface area contributed by atoms with E-state index in [9.17, 15) is 4.79 Å². The van der Waals surface area contributed by atoms with Crippen molar-refractivity contribution in [3.8, 4) is 5.88 Å². The number of carbonyl (C=O) groups is 1. The molecule has 1 fully saturated rings. The van der Waals surface area contributed by atoms with Gasteiger partial charge in [0.2, 0.25) is 5.88 Å². The maximum Gasteiger partial charge on any atom is 0.272 e. The molecule has 2 heterocycles. The van der Waals surface area contributed by atoms with Crippen molar-refractivity contribution in [2.24, 2.45) is 0 Å². The highest BCUT2D eigenvalue weighted by Crippen LogP contribution is 2.25. The van der Waals surface area contributed by atoms with E-state index in [0.29, 0.717) is 24.7 Å². The number of aryl methyl sites for hydroxylation is 1. The molecule has 0 radical (unpaired) electrons. The molecule has 0 bridgehead atoms. The third-order valence-electron chi connectivity index (χ3n) is 4.15. The lowest BCUT2D eigenvalue weighted by molar-refractivity contribution is 0.0740. The Morgan fingerprint density at radius 1 is 1.17 bits per heavy atom. The van der Waals surface area contributed by atoms with E-state index >= 15 is 0 Å². The highest BCUT2D eigenvalue weighted by molar-refractivity contribution is 6.30. The summed E-state index contributed by atoms with van der Waals surface area (Å²) in [6.45, 7) is 4.86. The number of nitrogens with zero attached hydrogens (tertiary/aromatic N) is 4. The zero-order valence-corrected chi connectivity index (χ0v) is 14.5. The molecule has 1 amide bonds. The first-order valence-corrected chi connectivity index (χ1v) is 8.12. The fraction of sp³-hybridized carbons (Fsp3) is 0.353. The minimum absolute atomic E-state index is 0.0989. The largest absolute Gasteiger partial charge is 0.481 e. The van der Waals surface area contributed by atoms with Crippen molar-refractivity contribution in [1.29, 1.82) is 0 Å². The maximum absolute atomic E-state index is 12.6. The van der Waals surface area contributed by atoms with Crippen molar-refractivity contribution < 1.29 is 9.53 Å². The van der Waals surface area contributed by atoms with Crippen LogP contribution in [0.15, 0.2) is 30.6 Å². The summed E-state index contributed by atoms with van der Waals surface area (Å²) >= 11 is 6.11. The van der Waals surface area contributed by atoms with Crippen LogP contribution < -0.4 is 9.64 Å². The van der Waals surface area contributed by atoms with Crippen LogP contribution in [0.3, 0.4) is 0 Å². The molecule has 24 heavy (non-hydrogen) atoms. The average Bonchev–Trinajstić information content (AvgIpc) is 2.63. The highest BCUT2D eigenvalue weighted by Gasteiger charge is 2.24. The topological polar surface area (TPSA) is 58.6 Å². The van der Waals surface area contributed by atoms with Crippen LogP contribution in [0.25, 0.3) is 0 Å². The number of ether oxygens (including phenoxy) is 1. The second-order valence-electron chi connectivity index (χ2n) is 5.66. The SMILES string of the molecule is COc1cc(C(=O)N2CCN(c3cc(Cl)ccc3C)CC2)ncn1. The van der Waals surface area contributed by atoms with Crippen LogP contribution in [0.4, 0.5) is 5.69 Å². The summed E-state index contributed by atoms with van der Waals surface area (Å²) < 4.78 is 5.05. The summed E-state index contributed by atoms with van der Waals surface area (Å²) in [6.07, 6.45) is 1.34. The molecule has 0 spiro atoms. The molecule has 0 saturated carbocycles. The number of carbonyl (C=O) groups excluding carboxylic acids is 1. The number of hydrogen-bond acceptors (Lipinski definition) is 5. The number of anilines is 1. The minimum atomic E-state index is -0.0989. The van der Waals surface area contributed by atoms with Crippen LogP contribution in [0.2, 0.25) is 5.02 Å². The summed E-state index contributed by atoms with van der Waals surface area (Å²) in [4.78, 5) is 24.6. The minimum Gasteiger partial charge on any atom is -0.481 e. The van der Waals surface area contributed by atoms with Crippen LogP contribution in [-0.4, -0.2) is 54.1 Å². The van der Waals surface area contributed by atoms with Gasteiger partial charge in [-0.2, -0.15) is 0 Å². The molecule has 3 rings (SSSR count). The molecule has 0 unspecified atom stereocenters. The predicted molar refractivity (Wildman–Crippen MR) is 92.9 cm³/mol. The monoisotopic (exact) mass is 346 g/mol. The second kappa shape index (κ2) is 7.05. The summed E-state index contributed by atoms with van der Waals surface area (Å²) in [5.41, 5.74) is 2.66. The molecular weight excluding hydrogens is 328 g/mol. The number of hydrogen-bond donors (Lipinski definition) is 0. The molecule has 6 nitrogen and oxygen atoms in total. The molecule has 0 aliphatic carbocycles. The molecule has 7 heteroatoms. The van der Waals surface area contributed by atoms with E-state index in [0.717, 1.165) is 23.8 Å². The van der Waals surface area contributed by atoms with E-state index in [2.05, 4.69) is 21.8 Å². The van der Waals surface area contributed by atoms with Crippen LogP contribution in [-0.2, 0) is 0 Å². The quantitative estimate of drug-likeness (QED) is 0.854. The lowest BCUT2D eigenvalue weighted by atomic mass is 10.1. The van der Waals surface area contributed by atoms with Crippen molar-refractivity contribution >= 4 is 23.2 Å². The zero-order chi connectivity index (χ0) is 17.1. The predicted octanol–water partition coefficient (Wildman–Crippen LogP) is 2.41. The number of piperazine rings is 1. The average molecular weight is 347 g/mol. The Kier molecular flexibility index (Phi) is 4.85. The Morgan fingerprint density at radius 2 is 1.92 bits per heavy atom. The molecule has 1 aromatic carbocycles. The Labute approximate surface area is 146 Å². The van der Waals surface area contributed by atoms with Gasteiger partial charge in [-0.15, -0.1) is 0 Å². The number of halogens is 1. The Balaban J connectivity index is 1.68. The van der Waals surface area contributed by atoms with Gasteiger partial charge in [0.05, 0.1) is 7.11 Å². The number of benzene rings is 1. The molecule has 1 saturated heterocycles. The normalized spacial score (nSPS) is 14.6. The van der Waals surface area contributed by atoms with Gasteiger partial charge in [-0.25, -0.2) is 9.97 Å². The van der Waals surface area contributed by atoms with Crippen molar-refractivity contribution in [3.63, 3.8) is 0 Å². The van der Waals surface area contributed by atoms with Gasteiger partial charge in [-0.05, 0) is 24.6 Å². The van der Waals surface area contributed by atoms with Gasteiger partial charge in [-0.3, -0.25) is 4.79 Å². The van der Waals surface area contributed by atoms with E-state index < -0.39 is 0 Å². The maximum atomic E-state index is 12.6. The smallest absolute Gasteiger partial charge is 0.272 e. The first kappa shape index (κ1) is 16.5. The summed E-state index contributed by atoms with van der Waals surface area (Å²) in [5, 5.41) is 0.724. The van der Waals surface area contributed by atoms with Crippen molar-refractivity contribution in [1.82, 2.24) is 14.9 Å². The Hall–Kier alpha value is -2.34. The van der Waals surface area contributed by atoms with Crippen molar-refractivity contribution in [2.75, 3.05) is 38.2 Å². The first-order valence-electron chi connectivity index (χ1n) is 7.75. The number of amides is 1. The molecule has 126 valence electrons. The van der Waals surface area contributed by atoms with Gasteiger partial charge in [-0.1, -0.05) is 17.7 Å². The van der Waals surface area contributed by atoms with E-state index in [1.807, 2.05) is 18.2 Å². The molecule has 0 N–H and O–H groups in total. The Bertz CT molecular complexity index is 745. The van der Waals surface area contributed by atoms with Crippen LogP contribution in [0.5, 0.6) is 5.88 Å². The van der Waals surface area contributed by atoms with E-state index in [1.165, 1.54) is 19.0 Å². The van der Waals surface area contributed by atoms with Gasteiger partial charge in [0, 0.05) is 43.0 Å². The summed E-state index contributed by atoms with van der Waals surface area (Å²) in [5.74, 6) is 0.291. The molecule has 2 aromatic rings. The third kappa shape index (κ3) is 3.43. The highest BCUT2D eigenvalue weighted by atomic mass is 35.5. The standard InChI is InChI=1S/C17H19ClN4O2/c1-12-3-4-13(18)9-15(12)21-5-7-22(8-6-21)17(23)14-10-16(24-2)20-11-19-14/h3-4,9-11H,5-8H2,1-2H3. The third-order valence-corrected chi connectivity index (χ3v) is 4.38. The molecule has 1 aliphatic heterocycles. The number of aromatic nitrogens is 2. The number of methoxy groups -OCH3 is 1. The van der Waals surface area contributed by atoms with Crippen molar-refractivity contribution in [3.05, 3.63) is 46.9 Å². The van der Waals surface area contributed by atoms with Gasteiger partial charge >= 0.3 is 0 Å². The molecule has 1 aromatic heterocycles.